The lowest BCUT2D eigenvalue weighted by atomic mass is 10.1. The standard InChI is InChI=1S/C12H16FN/c1-9-2-5-11(12(13)6-9)8-14-7-10-3-4-10/h2,5-6,10,14H,3-4,7-8H2,1H3. The van der Waals surface area contributed by atoms with Gasteiger partial charge in [0.2, 0.25) is 0 Å². The fraction of sp³-hybridized carbons (Fsp3) is 0.500. The first kappa shape index (κ1) is 9.66. The Morgan fingerprint density at radius 2 is 2.21 bits per heavy atom. The molecule has 0 heterocycles. The van der Waals surface area contributed by atoms with Crippen molar-refractivity contribution in [2.24, 2.45) is 5.92 Å². The van der Waals surface area contributed by atoms with E-state index in [2.05, 4.69) is 5.32 Å². The minimum Gasteiger partial charge on any atom is -0.312 e. The van der Waals surface area contributed by atoms with E-state index < -0.39 is 0 Å². The molecule has 2 rings (SSSR count). The Kier molecular flexibility index (Phi) is 2.82. The summed E-state index contributed by atoms with van der Waals surface area (Å²) in [6, 6.07) is 5.41. The first-order chi connectivity index (χ1) is 6.75. The first-order valence-corrected chi connectivity index (χ1v) is 5.21. The van der Waals surface area contributed by atoms with Crippen LogP contribution in [0.5, 0.6) is 0 Å². The normalized spacial score (nSPS) is 15.9. The molecule has 0 atom stereocenters. The van der Waals surface area contributed by atoms with E-state index in [1.807, 2.05) is 19.1 Å². The zero-order valence-corrected chi connectivity index (χ0v) is 8.52. The van der Waals surface area contributed by atoms with Crippen LogP contribution in [0, 0.1) is 18.7 Å². The van der Waals surface area contributed by atoms with E-state index in [0.717, 1.165) is 23.6 Å². The zero-order valence-electron chi connectivity index (χ0n) is 8.52. The van der Waals surface area contributed by atoms with Gasteiger partial charge in [-0.15, -0.1) is 0 Å². The molecule has 0 radical (unpaired) electrons. The maximum atomic E-state index is 13.4. The van der Waals surface area contributed by atoms with Crippen molar-refractivity contribution in [3.63, 3.8) is 0 Å². The van der Waals surface area contributed by atoms with Crippen molar-refractivity contribution in [1.29, 1.82) is 0 Å². The molecule has 1 aliphatic rings. The molecule has 0 amide bonds. The van der Waals surface area contributed by atoms with Crippen molar-refractivity contribution in [3.05, 3.63) is 35.1 Å². The largest absolute Gasteiger partial charge is 0.312 e. The molecule has 1 aromatic carbocycles. The summed E-state index contributed by atoms with van der Waals surface area (Å²) in [6.07, 6.45) is 2.67. The van der Waals surface area contributed by atoms with Crippen molar-refractivity contribution in [2.75, 3.05) is 6.54 Å². The maximum Gasteiger partial charge on any atom is 0.127 e. The topological polar surface area (TPSA) is 12.0 Å². The van der Waals surface area contributed by atoms with Gasteiger partial charge in [0.15, 0.2) is 0 Å². The smallest absolute Gasteiger partial charge is 0.127 e. The van der Waals surface area contributed by atoms with Crippen LogP contribution < -0.4 is 5.32 Å². The predicted octanol–water partition coefficient (Wildman–Crippen LogP) is 2.63. The maximum absolute atomic E-state index is 13.4. The minimum absolute atomic E-state index is 0.0895. The Morgan fingerprint density at radius 1 is 1.43 bits per heavy atom. The molecule has 14 heavy (non-hydrogen) atoms. The number of halogens is 1. The van der Waals surface area contributed by atoms with Gasteiger partial charge in [0.05, 0.1) is 0 Å². The molecule has 0 unspecified atom stereocenters. The Bertz CT molecular complexity index is 318. The highest BCUT2D eigenvalue weighted by Gasteiger charge is 2.20. The van der Waals surface area contributed by atoms with Crippen molar-refractivity contribution in [2.45, 2.75) is 26.3 Å². The second-order valence-corrected chi connectivity index (χ2v) is 4.17. The highest BCUT2D eigenvalue weighted by Crippen LogP contribution is 2.27. The van der Waals surface area contributed by atoms with Crippen LogP contribution in [-0.2, 0) is 6.54 Å². The van der Waals surface area contributed by atoms with Gasteiger partial charge in [0, 0.05) is 12.1 Å². The molecule has 0 aromatic heterocycles. The molecule has 0 saturated heterocycles. The third-order valence-electron chi connectivity index (χ3n) is 2.65. The minimum atomic E-state index is -0.0895. The quantitative estimate of drug-likeness (QED) is 0.775. The summed E-state index contributed by atoms with van der Waals surface area (Å²) in [5.41, 5.74) is 1.75. The average Bonchev–Trinajstić information content (AvgIpc) is 2.92. The Labute approximate surface area is 84.3 Å². The van der Waals surface area contributed by atoms with Crippen LogP contribution in [0.2, 0.25) is 0 Å². The molecule has 0 aliphatic heterocycles. The monoisotopic (exact) mass is 193 g/mol. The summed E-state index contributed by atoms with van der Waals surface area (Å²) in [4.78, 5) is 0. The van der Waals surface area contributed by atoms with Gasteiger partial charge in [-0.3, -0.25) is 0 Å². The summed E-state index contributed by atoms with van der Waals surface area (Å²) < 4.78 is 13.4. The fourth-order valence-electron chi connectivity index (χ4n) is 1.53. The number of nitrogens with one attached hydrogen (secondary N) is 1. The second-order valence-electron chi connectivity index (χ2n) is 4.17. The Hall–Kier alpha value is -0.890. The van der Waals surface area contributed by atoms with Crippen LogP contribution >= 0.6 is 0 Å². The summed E-state index contributed by atoms with van der Waals surface area (Å²) in [5.74, 6) is 0.761. The van der Waals surface area contributed by atoms with E-state index in [9.17, 15) is 4.39 Å². The molecule has 76 valence electrons. The molecule has 1 fully saturated rings. The van der Waals surface area contributed by atoms with Crippen LogP contribution in [0.4, 0.5) is 4.39 Å². The number of hydrogen-bond acceptors (Lipinski definition) is 1. The van der Waals surface area contributed by atoms with Gasteiger partial charge in [-0.05, 0) is 43.9 Å². The van der Waals surface area contributed by atoms with Gasteiger partial charge in [-0.1, -0.05) is 12.1 Å². The van der Waals surface area contributed by atoms with Gasteiger partial charge in [-0.2, -0.15) is 0 Å². The number of rotatable bonds is 4. The molecule has 0 spiro atoms. The van der Waals surface area contributed by atoms with Gasteiger partial charge in [-0.25, -0.2) is 4.39 Å². The third-order valence-corrected chi connectivity index (χ3v) is 2.65. The van der Waals surface area contributed by atoms with E-state index in [1.165, 1.54) is 12.8 Å². The predicted molar refractivity (Wildman–Crippen MR) is 55.6 cm³/mol. The second kappa shape index (κ2) is 4.09. The highest BCUT2D eigenvalue weighted by molar-refractivity contribution is 5.23. The van der Waals surface area contributed by atoms with E-state index in [-0.39, 0.29) is 5.82 Å². The number of aryl methyl sites for hydroxylation is 1. The lowest BCUT2D eigenvalue weighted by Crippen LogP contribution is -2.16. The van der Waals surface area contributed by atoms with E-state index in [4.69, 9.17) is 0 Å². The van der Waals surface area contributed by atoms with Crippen LogP contribution in [-0.4, -0.2) is 6.54 Å². The molecule has 1 saturated carbocycles. The summed E-state index contributed by atoms with van der Waals surface area (Å²) in [6.45, 7) is 3.60. The highest BCUT2D eigenvalue weighted by atomic mass is 19.1. The van der Waals surface area contributed by atoms with Crippen molar-refractivity contribution < 1.29 is 4.39 Å². The van der Waals surface area contributed by atoms with E-state index in [1.54, 1.807) is 6.07 Å². The number of benzene rings is 1. The van der Waals surface area contributed by atoms with Crippen molar-refractivity contribution in [3.8, 4) is 0 Å². The van der Waals surface area contributed by atoms with Crippen molar-refractivity contribution >= 4 is 0 Å². The zero-order chi connectivity index (χ0) is 9.97. The third kappa shape index (κ3) is 2.55. The molecular formula is C12H16FN. The van der Waals surface area contributed by atoms with Crippen molar-refractivity contribution in [1.82, 2.24) is 5.32 Å². The molecule has 1 aliphatic carbocycles. The number of hydrogen-bond donors (Lipinski definition) is 1. The van der Waals surface area contributed by atoms with Crippen LogP contribution in [0.25, 0.3) is 0 Å². The van der Waals surface area contributed by atoms with E-state index in [0.29, 0.717) is 6.54 Å². The van der Waals surface area contributed by atoms with Gasteiger partial charge >= 0.3 is 0 Å². The lowest BCUT2D eigenvalue weighted by Gasteiger charge is -2.05. The lowest BCUT2D eigenvalue weighted by molar-refractivity contribution is 0.577. The molecule has 1 N–H and O–H groups in total. The summed E-state index contributed by atoms with van der Waals surface area (Å²) in [5, 5.41) is 3.28. The molecule has 2 heteroatoms. The average molecular weight is 193 g/mol. The van der Waals surface area contributed by atoms with Crippen LogP contribution in [0.3, 0.4) is 0 Å². The first-order valence-electron chi connectivity index (χ1n) is 5.21. The van der Waals surface area contributed by atoms with Gasteiger partial charge in [0.1, 0.15) is 5.82 Å². The Balaban J connectivity index is 1.87. The summed E-state index contributed by atoms with van der Waals surface area (Å²) >= 11 is 0. The van der Waals surface area contributed by atoms with Crippen LogP contribution in [0.1, 0.15) is 24.0 Å². The molecular weight excluding hydrogens is 177 g/mol. The Morgan fingerprint density at radius 3 is 2.86 bits per heavy atom. The fourth-order valence-corrected chi connectivity index (χ4v) is 1.53. The van der Waals surface area contributed by atoms with Crippen LogP contribution in [0.15, 0.2) is 18.2 Å². The van der Waals surface area contributed by atoms with Gasteiger partial charge < -0.3 is 5.32 Å². The van der Waals surface area contributed by atoms with Gasteiger partial charge in [0.25, 0.3) is 0 Å². The molecule has 0 bridgehead atoms. The SMILES string of the molecule is Cc1ccc(CNCC2CC2)c(F)c1. The summed E-state index contributed by atoms with van der Waals surface area (Å²) in [7, 11) is 0. The van der Waals surface area contributed by atoms with E-state index >= 15 is 0 Å². The molecule has 1 aromatic rings. The molecule has 1 nitrogen and oxygen atoms in total.